The van der Waals surface area contributed by atoms with Gasteiger partial charge in [0.05, 0.1) is 30.8 Å². The van der Waals surface area contributed by atoms with Crippen molar-refractivity contribution >= 4 is 15.7 Å². The minimum atomic E-state index is -3.70. The summed E-state index contributed by atoms with van der Waals surface area (Å²) in [4.78, 5) is 0.282. The predicted octanol–water partition coefficient (Wildman–Crippen LogP) is 7.30. The highest BCUT2D eigenvalue weighted by molar-refractivity contribution is 7.92. The maximum atomic E-state index is 13.4. The molecule has 1 aliphatic heterocycles. The average Bonchev–Trinajstić information content (AvgIpc) is 3.11. The highest BCUT2D eigenvalue weighted by atomic mass is 32.2. The van der Waals surface area contributed by atoms with Crippen molar-refractivity contribution in [3.8, 4) is 11.5 Å². The van der Waals surface area contributed by atoms with Crippen LogP contribution in [0, 0.1) is 0 Å². The first-order chi connectivity index (χ1) is 17.1. The molecule has 1 aliphatic rings. The van der Waals surface area contributed by atoms with Gasteiger partial charge in [0.1, 0.15) is 0 Å². The molecule has 0 amide bonds. The number of rotatable bonds is 15. The molecule has 0 aromatic heterocycles. The lowest BCUT2D eigenvalue weighted by Gasteiger charge is -2.26. The molecule has 0 fully saturated rings. The molecule has 0 bridgehead atoms. The molecule has 35 heavy (non-hydrogen) atoms. The fraction of sp³-hybridized carbons (Fsp3) is 0.517. The third-order valence-electron chi connectivity index (χ3n) is 6.52. The Kier molecular flexibility index (Phi) is 11.0. The fourth-order valence-electron chi connectivity index (χ4n) is 4.53. The molecule has 0 atom stereocenters. The Hall–Kier alpha value is -2.47. The average molecular weight is 500 g/mol. The van der Waals surface area contributed by atoms with Crippen LogP contribution in [0.5, 0.6) is 11.5 Å². The Morgan fingerprint density at radius 3 is 2.14 bits per heavy atom. The molecular weight excluding hydrogens is 458 g/mol. The van der Waals surface area contributed by atoms with Crippen LogP contribution in [0.1, 0.15) is 76.7 Å². The van der Waals surface area contributed by atoms with E-state index in [2.05, 4.69) is 6.92 Å². The summed E-state index contributed by atoms with van der Waals surface area (Å²) in [5, 5.41) is 0. The number of ether oxygens (including phenoxy) is 2. The summed E-state index contributed by atoms with van der Waals surface area (Å²) in [6, 6.07) is 12.2. The largest absolute Gasteiger partial charge is 0.493 e. The van der Waals surface area contributed by atoms with Crippen molar-refractivity contribution in [1.29, 1.82) is 0 Å². The van der Waals surface area contributed by atoms with Crippen LogP contribution in [0.3, 0.4) is 0 Å². The van der Waals surface area contributed by atoms with Crippen molar-refractivity contribution < 1.29 is 17.9 Å². The molecule has 5 nitrogen and oxygen atoms in total. The van der Waals surface area contributed by atoms with Crippen molar-refractivity contribution in [3.63, 3.8) is 0 Å². The van der Waals surface area contributed by atoms with E-state index in [9.17, 15) is 8.42 Å². The van der Waals surface area contributed by atoms with Gasteiger partial charge in [-0.25, -0.2) is 8.42 Å². The summed E-state index contributed by atoms with van der Waals surface area (Å²) in [6.07, 6.45) is 17.2. The number of benzene rings is 2. The number of allylic oxidation sites excluding steroid dienone is 1. The number of methoxy groups -OCH3 is 1. The molecule has 6 heteroatoms. The van der Waals surface area contributed by atoms with Gasteiger partial charge >= 0.3 is 0 Å². The van der Waals surface area contributed by atoms with Crippen molar-refractivity contribution in [3.05, 3.63) is 60.2 Å². The molecule has 0 spiro atoms. The molecule has 0 saturated carbocycles. The van der Waals surface area contributed by atoms with E-state index < -0.39 is 10.0 Å². The number of hydrogen-bond donors (Lipinski definition) is 0. The third-order valence-corrected chi connectivity index (χ3v) is 8.32. The second-order valence-corrected chi connectivity index (χ2v) is 11.0. The number of sulfonamides is 1. The Morgan fingerprint density at radius 1 is 0.829 bits per heavy atom. The van der Waals surface area contributed by atoms with E-state index in [1.807, 2.05) is 30.4 Å². The van der Waals surface area contributed by atoms with Crippen LogP contribution in [0.15, 0.2) is 59.5 Å². The number of unbranched alkanes of at least 4 members (excludes halogenated alkanes) is 9. The summed E-state index contributed by atoms with van der Waals surface area (Å²) >= 11 is 0. The van der Waals surface area contributed by atoms with E-state index in [0.717, 1.165) is 18.4 Å². The lowest BCUT2D eigenvalue weighted by atomic mass is 10.1. The Bertz CT molecular complexity index is 1030. The van der Waals surface area contributed by atoms with E-state index in [1.165, 1.54) is 55.7 Å². The molecule has 192 valence electrons. The normalized spacial score (nSPS) is 13.4. The second-order valence-electron chi connectivity index (χ2n) is 9.15. The quantitative estimate of drug-likeness (QED) is 0.190. The molecule has 0 radical (unpaired) electrons. The summed E-state index contributed by atoms with van der Waals surface area (Å²) in [7, 11) is -2.07. The van der Waals surface area contributed by atoms with Gasteiger partial charge in [0, 0.05) is 5.56 Å². The van der Waals surface area contributed by atoms with Crippen molar-refractivity contribution in [2.75, 3.05) is 24.6 Å². The van der Waals surface area contributed by atoms with Gasteiger partial charge in [-0.3, -0.25) is 4.31 Å². The van der Waals surface area contributed by atoms with Crippen LogP contribution in [0.25, 0.3) is 0 Å². The van der Waals surface area contributed by atoms with E-state index in [4.69, 9.17) is 9.47 Å². The minimum absolute atomic E-state index is 0.282. The van der Waals surface area contributed by atoms with Crippen LogP contribution in [0.4, 0.5) is 5.69 Å². The Labute approximate surface area is 212 Å². The zero-order valence-corrected chi connectivity index (χ0v) is 22.2. The van der Waals surface area contributed by atoms with Gasteiger partial charge < -0.3 is 9.47 Å². The lowest BCUT2D eigenvalue weighted by Crippen LogP contribution is -2.31. The standard InChI is InChI=1S/C29H41NO4S/c1-3-4-5-6-7-8-9-10-11-17-24-34-29-26-20-15-16-23-30(27(26)21-22-28(29)33-2)35(31,32)25-18-13-12-14-19-25/h12-16,18-19,21-22H,3-11,17,20,23-24H2,1-2H3. The van der Waals surface area contributed by atoms with E-state index in [1.54, 1.807) is 31.4 Å². The maximum Gasteiger partial charge on any atom is 0.264 e. The first-order valence-corrected chi connectivity index (χ1v) is 14.6. The third kappa shape index (κ3) is 7.50. The number of fused-ring (bicyclic) bond motifs is 1. The topological polar surface area (TPSA) is 55.8 Å². The molecule has 0 aliphatic carbocycles. The van der Waals surface area contributed by atoms with Gasteiger partial charge in [-0.2, -0.15) is 0 Å². The van der Waals surface area contributed by atoms with Crippen LogP contribution in [-0.4, -0.2) is 28.7 Å². The van der Waals surface area contributed by atoms with Crippen LogP contribution in [-0.2, 0) is 16.4 Å². The zero-order valence-electron chi connectivity index (χ0n) is 21.4. The summed E-state index contributed by atoms with van der Waals surface area (Å²) in [6.45, 7) is 3.14. The first-order valence-electron chi connectivity index (χ1n) is 13.1. The summed E-state index contributed by atoms with van der Waals surface area (Å²) in [5.74, 6) is 1.30. The van der Waals surface area contributed by atoms with E-state index >= 15 is 0 Å². The predicted molar refractivity (Wildman–Crippen MR) is 144 cm³/mol. The maximum absolute atomic E-state index is 13.4. The minimum Gasteiger partial charge on any atom is -0.493 e. The second kappa shape index (κ2) is 14.2. The molecule has 1 heterocycles. The lowest BCUT2D eigenvalue weighted by molar-refractivity contribution is 0.282. The molecular formula is C29H41NO4S. The zero-order chi connectivity index (χ0) is 24.9. The smallest absolute Gasteiger partial charge is 0.264 e. The SMILES string of the molecule is CCCCCCCCCCCCOc1c(OC)ccc2c1CC=CCN2S(=O)(=O)c1ccccc1. The van der Waals surface area contributed by atoms with E-state index in [0.29, 0.717) is 30.2 Å². The van der Waals surface area contributed by atoms with Crippen LogP contribution >= 0.6 is 0 Å². The molecule has 2 aromatic rings. The number of nitrogens with zero attached hydrogens (tertiary/aromatic N) is 1. The van der Waals surface area contributed by atoms with Crippen LogP contribution in [0.2, 0.25) is 0 Å². The van der Waals surface area contributed by atoms with Gasteiger partial charge in [0.25, 0.3) is 10.0 Å². The molecule has 3 rings (SSSR count). The highest BCUT2D eigenvalue weighted by Gasteiger charge is 2.29. The Morgan fingerprint density at radius 2 is 1.49 bits per heavy atom. The fourth-order valence-corrected chi connectivity index (χ4v) is 5.99. The first kappa shape index (κ1) is 27.1. The molecule has 0 N–H and O–H groups in total. The number of hydrogen-bond acceptors (Lipinski definition) is 4. The van der Waals surface area contributed by atoms with Crippen LogP contribution < -0.4 is 13.8 Å². The molecule has 0 unspecified atom stereocenters. The van der Waals surface area contributed by atoms with Gasteiger partial charge in [0.15, 0.2) is 11.5 Å². The number of anilines is 1. The van der Waals surface area contributed by atoms with Gasteiger partial charge in [0.2, 0.25) is 0 Å². The molecule has 2 aromatic carbocycles. The van der Waals surface area contributed by atoms with E-state index in [-0.39, 0.29) is 11.4 Å². The summed E-state index contributed by atoms with van der Waals surface area (Å²) in [5.41, 5.74) is 1.50. The van der Waals surface area contributed by atoms with Crippen molar-refractivity contribution in [2.24, 2.45) is 0 Å². The van der Waals surface area contributed by atoms with Gasteiger partial charge in [-0.15, -0.1) is 0 Å². The summed E-state index contributed by atoms with van der Waals surface area (Å²) < 4.78 is 40.2. The van der Waals surface area contributed by atoms with Crippen molar-refractivity contribution in [1.82, 2.24) is 0 Å². The highest BCUT2D eigenvalue weighted by Crippen LogP contribution is 2.41. The Balaban J connectivity index is 1.63. The molecule has 0 saturated heterocycles. The van der Waals surface area contributed by atoms with Gasteiger partial charge in [-0.1, -0.05) is 95.1 Å². The monoisotopic (exact) mass is 499 g/mol. The van der Waals surface area contributed by atoms with Gasteiger partial charge in [-0.05, 0) is 37.1 Å². The van der Waals surface area contributed by atoms with Crippen molar-refractivity contribution in [2.45, 2.75) is 82.4 Å².